The van der Waals surface area contributed by atoms with Gasteiger partial charge in [-0.3, -0.25) is 19.0 Å². The number of nitrogens with zero attached hydrogens (tertiary/aromatic N) is 4. The fraction of sp³-hybridized carbons (Fsp3) is 0.320. The van der Waals surface area contributed by atoms with Gasteiger partial charge < -0.3 is 10.2 Å². The maximum absolute atomic E-state index is 12.9. The number of carbonyl (C=O) groups is 3. The van der Waals surface area contributed by atoms with E-state index in [1.807, 2.05) is 41.0 Å². The van der Waals surface area contributed by atoms with Crippen LogP contribution in [-0.2, 0) is 9.59 Å². The zero-order chi connectivity index (χ0) is 23.7. The number of Topliss-reactive ketones (excluding diaryl/α,β-unsaturated/α-hetero) is 1. The molecule has 8 nitrogen and oxygen atoms in total. The SMILES string of the molecule is CC(=O)Nc1cccc(-n2c(SCC(=O)c3ccc(N4CCCC4=O)cc3)nnc2C2CC2)c1. The lowest BCUT2D eigenvalue weighted by Gasteiger charge is -2.15. The summed E-state index contributed by atoms with van der Waals surface area (Å²) in [4.78, 5) is 38.1. The highest BCUT2D eigenvalue weighted by atomic mass is 32.2. The molecule has 1 saturated carbocycles. The van der Waals surface area contributed by atoms with Gasteiger partial charge in [0.1, 0.15) is 5.82 Å². The van der Waals surface area contributed by atoms with Gasteiger partial charge in [-0.05, 0) is 61.7 Å². The van der Waals surface area contributed by atoms with Crippen molar-refractivity contribution in [3.63, 3.8) is 0 Å². The molecule has 1 N–H and O–H groups in total. The summed E-state index contributed by atoms with van der Waals surface area (Å²) in [6.45, 7) is 2.20. The van der Waals surface area contributed by atoms with Crippen molar-refractivity contribution < 1.29 is 14.4 Å². The Hall–Kier alpha value is -3.46. The van der Waals surface area contributed by atoms with Crippen molar-refractivity contribution in [1.29, 1.82) is 0 Å². The Balaban J connectivity index is 1.33. The number of hydrogen-bond acceptors (Lipinski definition) is 6. The van der Waals surface area contributed by atoms with Crippen molar-refractivity contribution in [2.24, 2.45) is 0 Å². The molecule has 0 radical (unpaired) electrons. The fourth-order valence-corrected chi connectivity index (χ4v) is 4.96. The largest absolute Gasteiger partial charge is 0.326 e. The second-order valence-corrected chi connectivity index (χ2v) is 9.53. The molecule has 2 amide bonds. The molecule has 2 heterocycles. The van der Waals surface area contributed by atoms with Crippen molar-refractivity contribution in [2.45, 2.75) is 43.7 Å². The molecule has 9 heteroatoms. The number of rotatable bonds is 8. The summed E-state index contributed by atoms with van der Waals surface area (Å²) in [7, 11) is 0. The Morgan fingerprint density at radius 3 is 2.56 bits per heavy atom. The topological polar surface area (TPSA) is 97.2 Å². The van der Waals surface area contributed by atoms with Crippen molar-refractivity contribution in [3.8, 4) is 5.69 Å². The molecule has 2 aliphatic rings. The maximum Gasteiger partial charge on any atom is 0.227 e. The molecule has 1 aliphatic heterocycles. The molecule has 0 spiro atoms. The van der Waals surface area contributed by atoms with E-state index in [9.17, 15) is 14.4 Å². The third-order valence-electron chi connectivity index (χ3n) is 5.93. The van der Waals surface area contributed by atoms with E-state index >= 15 is 0 Å². The van der Waals surface area contributed by atoms with E-state index in [-0.39, 0.29) is 23.4 Å². The van der Waals surface area contributed by atoms with E-state index in [0.717, 1.165) is 43.0 Å². The van der Waals surface area contributed by atoms with Gasteiger partial charge in [0.2, 0.25) is 11.8 Å². The summed E-state index contributed by atoms with van der Waals surface area (Å²) in [5, 5.41) is 12.3. The maximum atomic E-state index is 12.9. The molecule has 0 atom stereocenters. The Labute approximate surface area is 201 Å². The van der Waals surface area contributed by atoms with Gasteiger partial charge in [-0.2, -0.15) is 0 Å². The molecule has 1 aromatic heterocycles. The minimum Gasteiger partial charge on any atom is -0.326 e. The lowest BCUT2D eigenvalue weighted by atomic mass is 10.1. The molecule has 1 saturated heterocycles. The lowest BCUT2D eigenvalue weighted by molar-refractivity contribution is -0.117. The van der Waals surface area contributed by atoms with Crippen LogP contribution in [0.25, 0.3) is 5.69 Å². The van der Waals surface area contributed by atoms with E-state index in [1.54, 1.807) is 17.0 Å². The van der Waals surface area contributed by atoms with Gasteiger partial charge in [0.15, 0.2) is 10.9 Å². The summed E-state index contributed by atoms with van der Waals surface area (Å²) in [5.74, 6) is 1.44. The van der Waals surface area contributed by atoms with Gasteiger partial charge in [-0.1, -0.05) is 17.8 Å². The molecule has 0 unspecified atom stereocenters. The first-order chi connectivity index (χ1) is 16.5. The number of carbonyl (C=O) groups excluding carboxylic acids is 3. The smallest absolute Gasteiger partial charge is 0.227 e. The van der Waals surface area contributed by atoms with E-state index in [0.29, 0.717) is 28.7 Å². The molecule has 174 valence electrons. The third-order valence-corrected chi connectivity index (χ3v) is 6.86. The van der Waals surface area contributed by atoms with Crippen LogP contribution in [0.3, 0.4) is 0 Å². The molecule has 2 aromatic carbocycles. The minimum atomic E-state index is -0.136. The third kappa shape index (κ3) is 4.75. The molecule has 2 fully saturated rings. The number of hydrogen-bond donors (Lipinski definition) is 1. The van der Waals surface area contributed by atoms with Crippen LogP contribution in [0.2, 0.25) is 0 Å². The van der Waals surface area contributed by atoms with Crippen LogP contribution >= 0.6 is 11.8 Å². The Kier molecular flexibility index (Phi) is 6.19. The van der Waals surface area contributed by atoms with E-state index in [1.165, 1.54) is 18.7 Å². The quantitative estimate of drug-likeness (QED) is 0.387. The molecular formula is C25H25N5O3S. The van der Waals surface area contributed by atoms with E-state index in [2.05, 4.69) is 15.5 Å². The van der Waals surface area contributed by atoms with Crippen LogP contribution in [0.4, 0.5) is 11.4 Å². The minimum absolute atomic E-state index is 0.0150. The highest BCUT2D eigenvalue weighted by Gasteiger charge is 2.31. The predicted molar refractivity (Wildman–Crippen MR) is 131 cm³/mol. The molecule has 34 heavy (non-hydrogen) atoms. The van der Waals surface area contributed by atoms with Crippen LogP contribution in [-0.4, -0.2) is 44.7 Å². The normalized spacial score (nSPS) is 15.6. The van der Waals surface area contributed by atoms with Crippen LogP contribution < -0.4 is 10.2 Å². The van der Waals surface area contributed by atoms with Gasteiger partial charge >= 0.3 is 0 Å². The molecule has 5 rings (SSSR count). The van der Waals surface area contributed by atoms with Crippen LogP contribution in [0.15, 0.2) is 53.7 Å². The monoisotopic (exact) mass is 475 g/mol. The number of thioether (sulfide) groups is 1. The molecule has 0 bridgehead atoms. The summed E-state index contributed by atoms with van der Waals surface area (Å²) < 4.78 is 1.99. The van der Waals surface area contributed by atoms with Crippen LogP contribution in [0.5, 0.6) is 0 Å². The van der Waals surface area contributed by atoms with E-state index in [4.69, 9.17) is 0 Å². The summed E-state index contributed by atoms with van der Waals surface area (Å²) >= 11 is 1.35. The van der Waals surface area contributed by atoms with Crippen LogP contribution in [0.1, 0.15) is 54.7 Å². The zero-order valence-electron chi connectivity index (χ0n) is 18.9. The average Bonchev–Trinajstić information content (AvgIpc) is 3.44. The average molecular weight is 476 g/mol. The second kappa shape index (κ2) is 9.42. The Morgan fingerprint density at radius 2 is 1.88 bits per heavy atom. The van der Waals surface area contributed by atoms with Crippen molar-refractivity contribution in [2.75, 3.05) is 22.5 Å². The first-order valence-electron chi connectivity index (χ1n) is 11.4. The van der Waals surface area contributed by atoms with Crippen molar-refractivity contribution >= 4 is 40.7 Å². The molecular weight excluding hydrogens is 450 g/mol. The highest BCUT2D eigenvalue weighted by Crippen LogP contribution is 2.41. The Bertz CT molecular complexity index is 1250. The number of aromatic nitrogens is 3. The van der Waals surface area contributed by atoms with E-state index < -0.39 is 0 Å². The van der Waals surface area contributed by atoms with Gasteiger partial charge in [-0.25, -0.2) is 0 Å². The Morgan fingerprint density at radius 1 is 1.09 bits per heavy atom. The van der Waals surface area contributed by atoms with Crippen molar-refractivity contribution in [1.82, 2.24) is 14.8 Å². The standard InChI is InChI=1S/C25H25N5O3S/c1-16(31)26-19-4-2-5-21(14-19)30-24(18-7-8-18)27-28-25(30)34-15-22(32)17-9-11-20(12-10-17)29-13-3-6-23(29)33/h2,4-5,9-12,14,18H,3,6-8,13,15H2,1H3,(H,26,31). The lowest BCUT2D eigenvalue weighted by Crippen LogP contribution is -2.23. The first kappa shape index (κ1) is 22.3. The van der Waals surface area contributed by atoms with Gasteiger partial charge in [-0.15, -0.1) is 10.2 Å². The van der Waals surface area contributed by atoms with Crippen molar-refractivity contribution in [3.05, 3.63) is 59.9 Å². The number of ketones is 1. The van der Waals surface area contributed by atoms with Gasteiger partial charge in [0.25, 0.3) is 0 Å². The summed E-state index contributed by atoms with van der Waals surface area (Å²) in [5.41, 5.74) is 2.99. The predicted octanol–water partition coefficient (Wildman–Crippen LogP) is 4.20. The zero-order valence-corrected chi connectivity index (χ0v) is 19.7. The molecule has 1 aliphatic carbocycles. The second-order valence-electron chi connectivity index (χ2n) is 8.59. The number of nitrogens with one attached hydrogen (secondary N) is 1. The molecule has 3 aromatic rings. The fourth-order valence-electron chi connectivity index (χ4n) is 4.11. The number of benzene rings is 2. The number of amides is 2. The number of anilines is 2. The first-order valence-corrected chi connectivity index (χ1v) is 12.4. The summed E-state index contributed by atoms with van der Waals surface area (Å²) in [6, 6.07) is 14.8. The van der Waals surface area contributed by atoms with Crippen LogP contribution in [0, 0.1) is 0 Å². The van der Waals surface area contributed by atoms with Gasteiger partial charge in [0.05, 0.1) is 11.4 Å². The summed E-state index contributed by atoms with van der Waals surface area (Å²) in [6.07, 6.45) is 3.58. The highest BCUT2D eigenvalue weighted by molar-refractivity contribution is 7.99. The van der Waals surface area contributed by atoms with Gasteiger partial charge in [0, 0.05) is 42.7 Å².